The smallest absolute Gasteiger partial charge is 0.0342 e. The lowest BCUT2D eigenvalue weighted by Crippen LogP contribution is -1.90. The fourth-order valence-corrected chi connectivity index (χ4v) is 0.821. The molecule has 0 unspecified atom stereocenters. The van der Waals surface area contributed by atoms with Crippen LogP contribution in [0.25, 0.3) is 0 Å². The van der Waals surface area contributed by atoms with Crippen molar-refractivity contribution in [2.24, 2.45) is 4.99 Å². The van der Waals surface area contributed by atoms with Crippen molar-refractivity contribution < 1.29 is 0 Å². The van der Waals surface area contributed by atoms with E-state index in [0.29, 0.717) is 0 Å². The van der Waals surface area contributed by atoms with Crippen LogP contribution in [0, 0.1) is 0 Å². The number of hydrogen-bond acceptors (Lipinski definition) is 1. The van der Waals surface area contributed by atoms with Crippen molar-refractivity contribution in [3.8, 4) is 0 Å². The summed E-state index contributed by atoms with van der Waals surface area (Å²) in [5.74, 6) is 0. The van der Waals surface area contributed by atoms with Gasteiger partial charge in [0, 0.05) is 12.8 Å². The molecular weight excluding hydrogens is 134 g/mol. The quantitative estimate of drug-likeness (QED) is 0.423. The molecule has 0 spiro atoms. The van der Waals surface area contributed by atoms with E-state index in [-0.39, 0.29) is 0 Å². The number of rotatable bonds is 5. The second kappa shape index (κ2) is 7.26. The second-order valence-electron chi connectivity index (χ2n) is 2.34. The maximum Gasteiger partial charge on any atom is 0.0342 e. The van der Waals surface area contributed by atoms with E-state index in [0.717, 1.165) is 25.0 Å². The van der Waals surface area contributed by atoms with Crippen molar-refractivity contribution in [2.75, 3.05) is 7.05 Å². The molecule has 1 nitrogen and oxygen atoms in total. The van der Waals surface area contributed by atoms with Crippen LogP contribution in [0.5, 0.6) is 0 Å². The molecule has 1 heteroatoms. The van der Waals surface area contributed by atoms with Gasteiger partial charge in [-0.2, -0.15) is 0 Å². The van der Waals surface area contributed by atoms with Crippen LogP contribution in [0.2, 0.25) is 0 Å². The number of hydrogen-bond donors (Lipinski definition) is 0. The molecule has 0 saturated heterocycles. The summed E-state index contributed by atoms with van der Waals surface area (Å²) in [6.07, 6.45) is 9.39. The first kappa shape index (κ1) is 10.2. The average molecular weight is 151 g/mol. The monoisotopic (exact) mass is 151 g/mol. The Morgan fingerprint density at radius 1 is 1.45 bits per heavy atom. The Bertz CT molecular complexity index is 154. The molecule has 0 saturated carbocycles. The predicted molar refractivity (Wildman–Crippen MR) is 52.2 cm³/mol. The van der Waals surface area contributed by atoms with E-state index in [4.69, 9.17) is 0 Å². The zero-order valence-corrected chi connectivity index (χ0v) is 7.51. The topological polar surface area (TPSA) is 12.4 Å². The first-order valence-electron chi connectivity index (χ1n) is 4.08. The summed E-state index contributed by atoms with van der Waals surface area (Å²) in [5.41, 5.74) is 1.09. The predicted octanol–water partition coefficient (Wildman–Crippen LogP) is 2.99. The van der Waals surface area contributed by atoms with Crippen molar-refractivity contribution >= 4 is 5.71 Å². The van der Waals surface area contributed by atoms with E-state index in [2.05, 4.69) is 30.6 Å². The van der Waals surface area contributed by atoms with Crippen LogP contribution in [0.4, 0.5) is 0 Å². The minimum Gasteiger partial charge on any atom is -0.293 e. The van der Waals surface area contributed by atoms with Gasteiger partial charge in [-0.05, 0) is 25.3 Å². The zero-order valence-electron chi connectivity index (χ0n) is 7.51. The number of allylic oxidation sites excluding steroid dienone is 3. The second-order valence-corrected chi connectivity index (χ2v) is 2.34. The van der Waals surface area contributed by atoms with E-state index in [9.17, 15) is 0 Å². The Labute approximate surface area is 69.5 Å². The maximum absolute atomic E-state index is 4.07. The van der Waals surface area contributed by atoms with Gasteiger partial charge in [-0.25, -0.2) is 0 Å². The third-order valence-corrected chi connectivity index (χ3v) is 1.49. The molecule has 0 rings (SSSR count). The van der Waals surface area contributed by atoms with Gasteiger partial charge in [0.05, 0.1) is 0 Å². The third-order valence-electron chi connectivity index (χ3n) is 1.49. The van der Waals surface area contributed by atoms with E-state index in [1.165, 1.54) is 0 Å². The van der Waals surface area contributed by atoms with Crippen molar-refractivity contribution in [1.82, 2.24) is 0 Å². The molecule has 0 aliphatic carbocycles. The molecular formula is C10H17N. The van der Waals surface area contributed by atoms with Crippen LogP contribution >= 0.6 is 0 Å². The first-order chi connectivity index (χ1) is 5.35. The molecule has 0 heterocycles. The molecule has 0 fully saturated rings. The SMILES string of the molecule is C=CC(CC/C=C\CC)=NC. The van der Waals surface area contributed by atoms with E-state index in [1.54, 1.807) is 7.05 Å². The van der Waals surface area contributed by atoms with Gasteiger partial charge in [0.15, 0.2) is 0 Å². The van der Waals surface area contributed by atoms with Crippen LogP contribution in [0.1, 0.15) is 26.2 Å². The van der Waals surface area contributed by atoms with Gasteiger partial charge in [0.25, 0.3) is 0 Å². The Morgan fingerprint density at radius 2 is 2.18 bits per heavy atom. The van der Waals surface area contributed by atoms with Crippen LogP contribution in [-0.2, 0) is 0 Å². The van der Waals surface area contributed by atoms with E-state index < -0.39 is 0 Å². The molecule has 0 bridgehead atoms. The fraction of sp³-hybridized carbons (Fsp3) is 0.500. The average Bonchev–Trinajstić information content (AvgIpc) is 2.05. The summed E-state index contributed by atoms with van der Waals surface area (Å²) in [6, 6.07) is 0. The summed E-state index contributed by atoms with van der Waals surface area (Å²) in [6.45, 7) is 5.81. The lowest BCUT2D eigenvalue weighted by molar-refractivity contribution is 1.07. The zero-order chi connectivity index (χ0) is 8.53. The molecule has 11 heavy (non-hydrogen) atoms. The van der Waals surface area contributed by atoms with Gasteiger partial charge >= 0.3 is 0 Å². The van der Waals surface area contributed by atoms with Crippen LogP contribution in [0.15, 0.2) is 29.8 Å². The first-order valence-corrected chi connectivity index (χ1v) is 4.08. The van der Waals surface area contributed by atoms with Gasteiger partial charge in [0.1, 0.15) is 0 Å². The Balaban J connectivity index is 3.52. The van der Waals surface area contributed by atoms with E-state index in [1.807, 2.05) is 6.08 Å². The maximum atomic E-state index is 4.07. The van der Waals surface area contributed by atoms with Gasteiger partial charge < -0.3 is 0 Å². The normalized spacial score (nSPS) is 12.4. The highest BCUT2D eigenvalue weighted by atomic mass is 14.7. The van der Waals surface area contributed by atoms with Crippen molar-refractivity contribution in [3.63, 3.8) is 0 Å². The van der Waals surface area contributed by atoms with Crippen molar-refractivity contribution in [1.29, 1.82) is 0 Å². The fourth-order valence-electron chi connectivity index (χ4n) is 0.821. The van der Waals surface area contributed by atoms with Gasteiger partial charge in [-0.15, -0.1) is 0 Å². The largest absolute Gasteiger partial charge is 0.293 e. The molecule has 0 aliphatic rings. The van der Waals surface area contributed by atoms with Crippen molar-refractivity contribution in [3.05, 3.63) is 24.8 Å². The molecule has 0 radical (unpaired) electrons. The minimum atomic E-state index is 1.01. The standard InChI is InChI=1S/C10H17N/c1-4-6-7-8-9-10(5-2)11-3/h5-7H,2,4,8-9H2,1,3H3/b7-6-,11-10?. The van der Waals surface area contributed by atoms with Crippen LogP contribution < -0.4 is 0 Å². The summed E-state index contributed by atoms with van der Waals surface area (Å²) in [5, 5.41) is 0. The number of aliphatic imine (C=N–C) groups is 1. The highest BCUT2D eigenvalue weighted by Crippen LogP contribution is 1.96. The van der Waals surface area contributed by atoms with Crippen molar-refractivity contribution in [2.45, 2.75) is 26.2 Å². The molecule has 0 aromatic heterocycles. The summed E-state index contributed by atoms with van der Waals surface area (Å²) in [4.78, 5) is 4.07. The third kappa shape index (κ3) is 5.59. The highest BCUT2D eigenvalue weighted by molar-refractivity contribution is 5.94. The lowest BCUT2D eigenvalue weighted by Gasteiger charge is -1.94. The Kier molecular flexibility index (Phi) is 6.70. The molecule has 0 aliphatic heterocycles. The summed E-state index contributed by atoms with van der Waals surface area (Å²) < 4.78 is 0. The van der Waals surface area contributed by atoms with Gasteiger partial charge in [-0.3, -0.25) is 4.99 Å². The van der Waals surface area contributed by atoms with Gasteiger partial charge in [-0.1, -0.05) is 25.7 Å². The van der Waals surface area contributed by atoms with Crippen LogP contribution in [0.3, 0.4) is 0 Å². The molecule has 0 aromatic carbocycles. The lowest BCUT2D eigenvalue weighted by atomic mass is 10.2. The molecule has 0 aromatic rings. The van der Waals surface area contributed by atoms with Crippen LogP contribution in [-0.4, -0.2) is 12.8 Å². The van der Waals surface area contributed by atoms with E-state index >= 15 is 0 Å². The molecule has 0 N–H and O–H groups in total. The Hall–Kier alpha value is -0.850. The summed E-state index contributed by atoms with van der Waals surface area (Å²) >= 11 is 0. The van der Waals surface area contributed by atoms with Gasteiger partial charge in [0.2, 0.25) is 0 Å². The molecule has 0 atom stereocenters. The molecule has 62 valence electrons. The highest BCUT2D eigenvalue weighted by Gasteiger charge is 1.87. The minimum absolute atomic E-state index is 1.01. The molecule has 0 amide bonds. The number of nitrogens with zero attached hydrogens (tertiary/aromatic N) is 1. The Morgan fingerprint density at radius 3 is 2.64 bits per heavy atom. The summed E-state index contributed by atoms with van der Waals surface area (Å²) in [7, 11) is 1.81.